The van der Waals surface area contributed by atoms with Gasteiger partial charge in [-0.25, -0.2) is 0 Å². The average Bonchev–Trinajstić information content (AvgIpc) is 2.12. The fourth-order valence-electron chi connectivity index (χ4n) is 1.57. The molecule has 1 rings (SSSR count). The van der Waals surface area contributed by atoms with E-state index in [1.165, 1.54) is 11.8 Å². The van der Waals surface area contributed by atoms with Crippen molar-refractivity contribution in [2.24, 2.45) is 0 Å². The molecule has 0 aromatic heterocycles. The molecule has 1 fully saturated rings. The second-order valence-corrected chi connectivity index (χ2v) is 5.52. The molecule has 3 nitrogen and oxygen atoms in total. The first-order valence-corrected chi connectivity index (χ1v) is 5.05. The summed E-state index contributed by atoms with van der Waals surface area (Å²) >= 11 is 1.52. The number of Topliss-reactive ketones (excluding diaryl/α,β-unsaturated/α-hetero) is 1. The monoisotopic (exact) mass is 204 g/mol. The van der Waals surface area contributed by atoms with Crippen molar-refractivity contribution < 1.29 is 14.3 Å². The Labute approximate surface area is 83.2 Å². The van der Waals surface area contributed by atoms with Crippen molar-refractivity contribution in [2.45, 2.75) is 36.6 Å². The molecule has 0 spiro atoms. The van der Waals surface area contributed by atoms with E-state index in [0.717, 1.165) is 0 Å². The van der Waals surface area contributed by atoms with Gasteiger partial charge >= 0.3 is 0 Å². The highest BCUT2D eigenvalue weighted by atomic mass is 32.2. The van der Waals surface area contributed by atoms with Crippen LogP contribution in [0.25, 0.3) is 0 Å². The number of ketones is 1. The fourth-order valence-corrected chi connectivity index (χ4v) is 3.11. The van der Waals surface area contributed by atoms with Gasteiger partial charge in [-0.3, -0.25) is 4.79 Å². The van der Waals surface area contributed by atoms with Gasteiger partial charge in [-0.05, 0) is 20.8 Å². The summed E-state index contributed by atoms with van der Waals surface area (Å²) < 4.78 is 10.1. The summed E-state index contributed by atoms with van der Waals surface area (Å²) in [4.78, 5) is 11.0. The third-order valence-electron chi connectivity index (χ3n) is 2.46. The zero-order valence-electron chi connectivity index (χ0n) is 8.71. The van der Waals surface area contributed by atoms with Crippen molar-refractivity contribution in [2.75, 3.05) is 14.2 Å². The Balaban J connectivity index is 2.83. The van der Waals surface area contributed by atoms with Gasteiger partial charge in [-0.1, -0.05) is 0 Å². The number of thioether (sulfide) groups is 1. The van der Waals surface area contributed by atoms with E-state index >= 15 is 0 Å². The zero-order valence-corrected chi connectivity index (χ0v) is 9.53. The van der Waals surface area contributed by atoms with E-state index in [1.807, 2.05) is 20.8 Å². The third-order valence-corrected chi connectivity index (χ3v) is 4.15. The van der Waals surface area contributed by atoms with Crippen LogP contribution in [0.3, 0.4) is 0 Å². The molecule has 0 aliphatic carbocycles. The number of rotatable bonds is 3. The summed E-state index contributed by atoms with van der Waals surface area (Å²) in [6.07, 6.45) is -0.206. The predicted molar refractivity (Wildman–Crippen MR) is 52.9 cm³/mol. The quantitative estimate of drug-likeness (QED) is 0.697. The number of ether oxygens (including phenoxy) is 2. The van der Waals surface area contributed by atoms with Crippen molar-refractivity contribution in [3.8, 4) is 0 Å². The zero-order chi connectivity index (χ0) is 10.3. The predicted octanol–water partition coefficient (Wildman–Crippen LogP) is 1.46. The van der Waals surface area contributed by atoms with Crippen LogP contribution in [0.2, 0.25) is 0 Å². The fraction of sp³-hybridized carbons (Fsp3) is 0.889. The molecular formula is C9H16O3S. The molecule has 0 aromatic rings. The van der Waals surface area contributed by atoms with E-state index in [9.17, 15) is 4.79 Å². The van der Waals surface area contributed by atoms with E-state index in [4.69, 9.17) is 9.47 Å². The topological polar surface area (TPSA) is 35.5 Å². The molecule has 1 heterocycles. The molecule has 0 aromatic carbocycles. The minimum atomic E-state index is -0.780. The minimum Gasteiger partial charge on any atom is -0.377 e. The van der Waals surface area contributed by atoms with Gasteiger partial charge in [-0.15, -0.1) is 11.8 Å². The maximum atomic E-state index is 11.8. The lowest BCUT2D eigenvalue weighted by Gasteiger charge is -2.51. The number of hydrogen-bond acceptors (Lipinski definition) is 4. The normalized spacial score (nSPS) is 34.1. The van der Waals surface area contributed by atoms with E-state index in [1.54, 1.807) is 14.2 Å². The summed E-state index contributed by atoms with van der Waals surface area (Å²) in [5.41, 5.74) is 0. The summed E-state index contributed by atoms with van der Waals surface area (Å²) in [6, 6.07) is 0. The number of hydrogen-bond donors (Lipinski definition) is 0. The molecule has 1 aliphatic rings. The van der Waals surface area contributed by atoms with Gasteiger partial charge in [-0.2, -0.15) is 0 Å². The first-order valence-electron chi connectivity index (χ1n) is 4.23. The van der Waals surface area contributed by atoms with Crippen LogP contribution in [-0.2, 0) is 14.3 Å². The third kappa shape index (κ3) is 1.41. The van der Waals surface area contributed by atoms with Crippen molar-refractivity contribution in [1.29, 1.82) is 0 Å². The van der Waals surface area contributed by atoms with Crippen molar-refractivity contribution in [3.05, 3.63) is 0 Å². The SMILES string of the molecule is COC(C)C1(OC)SC(C)(C)C1=O. The second kappa shape index (κ2) is 3.26. The molecule has 0 N–H and O–H groups in total. The molecule has 0 bridgehead atoms. The molecule has 13 heavy (non-hydrogen) atoms. The smallest absolute Gasteiger partial charge is 0.200 e. The van der Waals surface area contributed by atoms with Crippen LogP contribution >= 0.6 is 11.8 Å². The molecule has 0 radical (unpaired) electrons. The molecule has 0 amide bonds. The molecule has 4 heteroatoms. The lowest BCUT2D eigenvalue weighted by atomic mass is 9.96. The Morgan fingerprint density at radius 3 is 2.15 bits per heavy atom. The van der Waals surface area contributed by atoms with E-state index in [0.29, 0.717) is 0 Å². The first-order chi connectivity index (χ1) is 5.90. The van der Waals surface area contributed by atoms with Crippen molar-refractivity contribution >= 4 is 17.5 Å². The van der Waals surface area contributed by atoms with Crippen LogP contribution in [-0.4, -0.2) is 35.8 Å². The maximum absolute atomic E-state index is 11.8. The van der Waals surface area contributed by atoms with Gasteiger partial charge in [0.25, 0.3) is 0 Å². The van der Waals surface area contributed by atoms with Crippen LogP contribution in [0.1, 0.15) is 20.8 Å². The highest BCUT2D eigenvalue weighted by Gasteiger charge is 2.63. The Morgan fingerprint density at radius 1 is 1.38 bits per heavy atom. The highest BCUT2D eigenvalue weighted by molar-refractivity contribution is 8.06. The Bertz CT molecular complexity index is 227. The number of carbonyl (C=O) groups excluding carboxylic acids is 1. The average molecular weight is 204 g/mol. The van der Waals surface area contributed by atoms with Gasteiger partial charge < -0.3 is 9.47 Å². The molecule has 0 saturated carbocycles. The summed E-state index contributed by atoms with van der Waals surface area (Å²) in [6.45, 7) is 5.66. The maximum Gasteiger partial charge on any atom is 0.200 e. The van der Waals surface area contributed by atoms with Crippen LogP contribution in [0, 0.1) is 0 Å². The lowest BCUT2D eigenvalue weighted by Crippen LogP contribution is -2.65. The Morgan fingerprint density at radius 2 is 1.92 bits per heavy atom. The van der Waals surface area contributed by atoms with Gasteiger partial charge in [0.2, 0.25) is 0 Å². The lowest BCUT2D eigenvalue weighted by molar-refractivity contribution is -0.148. The van der Waals surface area contributed by atoms with Crippen LogP contribution in [0.4, 0.5) is 0 Å². The molecule has 1 aliphatic heterocycles. The van der Waals surface area contributed by atoms with Crippen molar-refractivity contribution in [3.63, 3.8) is 0 Å². The molecular weight excluding hydrogens is 188 g/mol. The van der Waals surface area contributed by atoms with Gasteiger partial charge in [0, 0.05) is 14.2 Å². The summed E-state index contributed by atoms with van der Waals surface area (Å²) in [5, 5.41) is 0. The van der Waals surface area contributed by atoms with Gasteiger partial charge in [0.1, 0.15) is 6.10 Å². The molecule has 1 saturated heterocycles. The number of methoxy groups -OCH3 is 2. The first kappa shape index (κ1) is 11.0. The van der Waals surface area contributed by atoms with Crippen LogP contribution in [0.15, 0.2) is 0 Å². The molecule has 2 atom stereocenters. The van der Waals surface area contributed by atoms with Gasteiger partial charge in [0.15, 0.2) is 10.7 Å². The largest absolute Gasteiger partial charge is 0.377 e. The molecule has 76 valence electrons. The second-order valence-electron chi connectivity index (χ2n) is 3.69. The van der Waals surface area contributed by atoms with E-state index in [-0.39, 0.29) is 16.6 Å². The van der Waals surface area contributed by atoms with E-state index < -0.39 is 4.93 Å². The van der Waals surface area contributed by atoms with Crippen LogP contribution < -0.4 is 0 Å². The van der Waals surface area contributed by atoms with Crippen molar-refractivity contribution in [1.82, 2.24) is 0 Å². The Hall–Kier alpha value is -0.0600. The number of carbonyl (C=O) groups is 1. The highest BCUT2D eigenvalue weighted by Crippen LogP contribution is 2.54. The summed E-state index contributed by atoms with van der Waals surface area (Å²) in [5.74, 6) is 0.113. The minimum absolute atomic E-state index is 0.113. The summed E-state index contributed by atoms with van der Waals surface area (Å²) in [7, 11) is 3.14. The van der Waals surface area contributed by atoms with Crippen LogP contribution in [0.5, 0.6) is 0 Å². The van der Waals surface area contributed by atoms with Gasteiger partial charge in [0.05, 0.1) is 4.75 Å². The molecule has 2 unspecified atom stereocenters. The Kier molecular flexibility index (Phi) is 2.76. The van der Waals surface area contributed by atoms with E-state index in [2.05, 4.69) is 0 Å². The standard InChI is InChI=1S/C9H16O3S/c1-6(11-4)9(12-5)7(10)8(2,3)13-9/h6H,1-5H3.